The molecular formula is C30H38N6O6. The van der Waals surface area contributed by atoms with Crippen LogP contribution in [0.2, 0.25) is 0 Å². The Hall–Kier alpha value is -4.45. The molecule has 1 saturated heterocycles. The average molecular weight is 579 g/mol. The van der Waals surface area contributed by atoms with E-state index in [-0.39, 0.29) is 56.7 Å². The van der Waals surface area contributed by atoms with Crippen molar-refractivity contribution in [3.63, 3.8) is 0 Å². The van der Waals surface area contributed by atoms with Gasteiger partial charge in [-0.25, -0.2) is 0 Å². The molecule has 9 N–H and O–H groups in total. The second-order valence-corrected chi connectivity index (χ2v) is 11.0. The number of phenols is 1. The normalized spacial score (nSPS) is 24.3. The van der Waals surface area contributed by atoms with E-state index in [0.717, 1.165) is 16.7 Å². The predicted molar refractivity (Wildman–Crippen MR) is 154 cm³/mol. The minimum Gasteiger partial charge on any atom is -0.508 e. The first-order chi connectivity index (χ1) is 20.1. The molecule has 1 spiro atoms. The number of fused-ring (bicyclic) bond motifs is 1. The lowest BCUT2D eigenvalue weighted by Gasteiger charge is -2.39. The van der Waals surface area contributed by atoms with Crippen molar-refractivity contribution >= 4 is 29.5 Å². The molecule has 2 aromatic carbocycles. The molecule has 0 saturated carbocycles. The van der Waals surface area contributed by atoms with E-state index in [0.29, 0.717) is 12.8 Å². The molecule has 0 radical (unpaired) electrons. The fraction of sp³-hybridized carbons (Fsp3) is 0.433. The van der Waals surface area contributed by atoms with Crippen molar-refractivity contribution in [3.8, 4) is 5.75 Å². The molecule has 0 bridgehead atoms. The van der Waals surface area contributed by atoms with Gasteiger partial charge in [0, 0.05) is 19.4 Å². The van der Waals surface area contributed by atoms with Crippen molar-refractivity contribution < 1.29 is 29.1 Å². The minimum absolute atomic E-state index is 0.0190. The molecule has 4 rings (SSSR count). The Morgan fingerprint density at radius 3 is 2.45 bits per heavy atom. The SMILES string of the molecule is NC(=O)[C@@H]1CCC(=O)NCCCC(NC(=O)[C@@H](N)Cc2ccc(O)cc2)C(=O)N[C@]2(CCc3ccccc3C2)C(=O)N1. The summed E-state index contributed by atoms with van der Waals surface area (Å²) in [4.78, 5) is 65.3. The van der Waals surface area contributed by atoms with Crippen molar-refractivity contribution in [1.29, 1.82) is 0 Å². The minimum atomic E-state index is -1.41. The lowest BCUT2D eigenvalue weighted by atomic mass is 9.76. The molecule has 12 nitrogen and oxygen atoms in total. The first-order valence-electron chi connectivity index (χ1n) is 14.2. The smallest absolute Gasteiger partial charge is 0.246 e. The highest BCUT2D eigenvalue weighted by molar-refractivity contribution is 5.97. The number of carbonyl (C=O) groups excluding carboxylic acids is 5. The summed E-state index contributed by atoms with van der Waals surface area (Å²) in [6.45, 7) is 0.240. The molecule has 224 valence electrons. The summed E-state index contributed by atoms with van der Waals surface area (Å²) < 4.78 is 0. The number of hydrogen-bond donors (Lipinski definition) is 7. The number of phenolic OH excluding ortho intramolecular Hbond substituents is 1. The third-order valence-electron chi connectivity index (χ3n) is 7.89. The Kier molecular flexibility index (Phi) is 9.79. The number of nitrogens with two attached hydrogens (primary N) is 2. The number of benzene rings is 2. The molecule has 1 aliphatic carbocycles. The van der Waals surface area contributed by atoms with Crippen LogP contribution in [0.25, 0.3) is 0 Å². The van der Waals surface area contributed by atoms with Gasteiger partial charge in [0.25, 0.3) is 0 Å². The number of primary amides is 1. The fourth-order valence-corrected chi connectivity index (χ4v) is 5.42. The number of aromatic hydroxyl groups is 1. The summed E-state index contributed by atoms with van der Waals surface area (Å²) in [5.74, 6) is -2.74. The number of hydrogen-bond acceptors (Lipinski definition) is 7. The van der Waals surface area contributed by atoms with Crippen LogP contribution in [-0.4, -0.2) is 64.9 Å². The van der Waals surface area contributed by atoms with E-state index in [4.69, 9.17) is 11.5 Å². The number of amides is 5. The van der Waals surface area contributed by atoms with Crippen LogP contribution in [-0.2, 0) is 43.2 Å². The maximum Gasteiger partial charge on any atom is 0.246 e. The van der Waals surface area contributed by atoms with Gasteiger partial charge in [0.1, 0.15) is 23.4 Å². The highest BCUT2D eigenvalue weighted by atomic mass is 16.3. The van der Waals surface area contributed by atoms with Gasteiger partial charge in [-0.15, -0.1) is 0 Å². The molecule has 42 heavy (non-hydrogen) atoms. The summed E-state index contributed by atoms with van der Waals surface area (Å²) in [7, 11) is 0. The van der Waals surface area contributed by atoms with Crippen LogP contribution in [0.5, 0.6) is 5.75 Å². The largest absolute Gasteiger partial charge is 0.508 e. The van der Waals surface area contributed by atoms with Crippen LogP contribution in [0.4, 0.5) is 0 Å². The molecule has 1 fully saturated rings. The van der Waals surface area contributed by atoms with Gasteiger partial charge in [-0.3, -0.25) is 24.0 Å². The number of carbonyl (C=O) groups is 5. The van der Waals surface area contributed by atoms with Crippen LogP contribution >= 0.6 is 0 Å². The maximum atomic E-state index is 13.8. The monoisotopic (exact) mass is 578 g/mol. The van der Waals surface area contributed by atoms with Gasteiger partial charge < -0.3 is 37.8 Å². The van der Waals surface area contributed by atoms with E-state index in [9.17, 15) is 29.1 Å². The summed E-state index contributed by atoms with van der Waals surface area (Å²) >= 11 is 0. The molecule has 4 atom stereocenters. The van der Waals surface area contributed by atoms with Crippen LogP contribution in [0.15, 0.2) is 48.5 Å². The summed E-state index contributed by atoms with van der Waals surface area (Å²) in [6.07, 6.45) is 1.65. The van der Waals surface area contributed by atoms with Gasteiger partial charge in [-0.05, 0) is 67.3 Å². The number of nitrogens with one attached hydrogen (secondary N) is 4. The molecule has 1 aliphatic heterocycles. The maximum absolute atomic E-state index is 13.8. The molecule has 1 unspecified atom stereocenters. The molecule has 5 amide bonds. The third kappa shape index (κ3) is 7.64. The van der Waals surface area contributed by atoms with Gasteiger partial charge in [0.15, 0.2) is 0 Å². The fourth-order valence-electron chi connectivity index (χ4n) is 5.42. The highest BCUT2D eigenvalue weighted by Crippen LogP contribution is 2.30. The van der Waals surface area contributed by atoms with Crippen LogP contribution < -0.4 is 32.7 Å². The quantitative estimate of drug-likeness (QED) is 0.246. The zero-order chi connectivity index (χ0) is 30.3. The standard InChI is InChI=1S/C30H38N6O6/c31-22(16-18-7-9-21(37)10-8-18)27(40)34-24-6-3-15-33-25(38)12-11-23(26(32)39)35-29(42)30(36-28(24)41)14-13-19-4-1-2-5-20(19)17-30/h1-2,4-5,7-10,22-24,37H,3,6,11-17,31H2,(H2,32,39)(H,33,38)(H,34,40)(H,35,42)(H,36,41)/t22-,23-,24?,30-/m0/s1. The molecule has 1 heterocycles. The molecule has 0 aromatic heterocycles. The Labute approximate surface area is 244 Å². The second kappa shape index (κ2) is 13.5. The van der Waals surface area contributed by atoms with Crippen molar-refractivity contribution in [2.75, 3.05) is 6.54 Å². The molecule has 12 heteroatoms. The van der Waals surface area contributed by atoms with E-state index >= 15 is 0 Å². The predicted octanol–water partition coefficient (Wildman–Crippen LogP) is -0.549. The number of rotatable bonds is 5. The zero-order valence-electron chi connectivity index (χ0n) is 23.4. The molecule has 2 aromatic rings. The Morgan fingerprint density at radius 1 is 1.02 bits per heavy atom. The van der Waals surface area contributed by atoms with Crippen molar-refractivity contribution in [3.05, 3.63) is 65.2 Å². The van der Waals surface area contributed by atoms with E-state index < -0.39 is 47.3 Å². The van der Waals surface area contributed by atoms with Gasteiger partial charge in [0.05, 0.1) is 6.04 Å². The van der Waals surface area contributed by atoms with Gasteiger partial charge >= 0.3 is 0 Å². The topological polar surface area (TPSA) is 206 Å². The summed E-state index contributed by atoms with van der Waals surface area (Å²) in [6, 6.07) is 10.8. The Balaban J connectivity index is 1.59. The van der Waals surface area contributed by atoms with Crippen molar-refractivity contribution in [2.24, 2.45) is 11.5 Å². The van der Waals surface area contributed by atoms with Crippen molar-refractivity contribution in [1.82, 2.24) is 21.3 Å². The first-order valence-corrected chi connectivity index (χ1v) is 14.2. The lowest BCUT2D eigenvalue weighted by Crippen LogP contribution is -2.66. The third-order valence-corrected chi connectivity index (χ3v) is 7.89. The van der Waals surface area contributed by atoms with E-state index in [1.165, 1.54) is 12.1 Å². The first kappa shape index (κ1) is 30.5. The van der Waals surface area contributed by atoms with Crippen LogP contribution in [0, 0.1) is 0 Å². The van der Waals surface area contributed by atoms with E-state index in [1.54, 1.807) is 12.1 Å². The lowest BCUT2D eigenvalue weighted by molar-refractivity contribution is -0.138. The molecule has 2 aliphatic rings. The molecular weight excluding hydrogens is 540 g/mol. The van der Waals surface area contributed by atoms with Crippen molar-refractivity contribution in [2.45, 2.75) is 75.0 Å². The second-order valence-electron chi connectivity index (χ2n) is 11.0. The summed E-state index contributed by atoms with van der Waals surface area (Å²) in [5.41, 5.74) is 13.0. The van der Waals surface area contributed by atoms with Gasteiger partial charge in [0.2, 0.25) is 29.5 Å². The van der Waals surface area contributed by atoms with Crippen LogP contribution in [0.3, 0.4) is 0 Å². The van der Waals surface area contributed by atoms with E-state index in [1.807, 2.05) is 24.3 Å². The van der Waals surface area contributed by atoms with Gasteiger partial charge in [-0.2, -0.15) is 0 Å². The Morgan fingerprint density at radius 2 is 1.74 bits per heavy atom. The summed E-state index contributed by atoms with van der Waals surface area (Å²) in [5, 5.41) is 20.6. The Bertz CT molecular complexity index is 1330. The van der Waals surface area contributed by atoms with E-state index in [2.05, 4.69) is 21.3 Å². The highest BCUT2D eigenvalue weighted by Gasteiger charge is 2.45. The average Bonchev–Trinajstić information content (AvgIpc) is 2.96. The number of aryl methyl sites for hydroxylation is 1. The van der Waals surface area contributed by atoms with Crippen LogP contribution in [0.1, 0.15) is 48.8 Å². The zero-order valence-corrected chi connectivity index (χ0v) is 23.4. The van der Waals surface area contributed by atoms with Gasteiger partial charge in [-0.1, -0.05) is 36.4 Å².